The van der Waals surface area contributed by atoms with Crippen LogP contribution >= 0.6 is 0 Å². The minimum absolute atomic E-state index is 0.0286. The van der Waals surface area contributed by atoms with Crippen LogP contribution in [0.4, 0.5) is 8.78 Å². The van der Waals surface area contributed by atoms with Crippen LogP contribution in [0.25, 0.3) is 0 Å². The molecule has 0 aliphatic carbocycles. The van der Waals surface area contributed by atoms with Crippen molar-refractivity contribution in [3.8, 4) is 0 Å². The molecule has 0 radical (unpaired) electrons. The van der Waals surface area contributed by atoms with Crippen LogP contribution < -0.4 is 5.32 Å². The SMILES string of the molecule is C=CC[C@@H](NC(=O)Cc1c(F)cccc1F)C(=O)O. The first-order chi connectivity index (χ1) is 8.95. The summed E-state index contributed by atoms with van der Waals surface area (Å²) in [7, 11) is 0. The number of carboxylic acid groups (broad SMARTS) is 1. The van der Waals surface area contributed by atoms with E-state index in [1.165, 1.54) is 12.1 Å². The molecule has 0 spiro atoms. The zero-order valence-electron chi connectivity index (χ0n) is 10.0. The zero-order valence-corrected chi connectivity index (χ0v) is 10.0. The molecule has 0 saturated heterocycles. The Balaban J connectivity index is 2.74. The number of nitrogens with one attached hydrogen (secondary N) is 1. The minimum Gasteiger partial charge on any atom is -0.480 e. The Bertz CT molecular complexity index is 482. The molecule has 0 aliphatic heterocycles. The van der Waals surface area contributed by atoms with Crippen molar-refractivity contribution in [1.29, 1.82) is 0 Å². The van der Waals surface area contributed by atoms with Gasteiger partial charge in [0.05, 0.1) is 6.42 Å². The van der Waals surface area contributed by atoms with Gasteiger partial charge in [-0.25, -0.2) is 13.6 Å². The Morgan fingerprint density at radius 2 is 1.95 bits per heavy atom. The van der Waals surface area contributed by atoms with Crippen molar-refractivity contribution >= 4 is 11.9 Å². The lowest BCUT2D eigenvalue weighted by Crippen LogP contribution is -2.41. The second-order valence-corrected chi connectivity index (χ2v) is 3.86. The molecule has 1 aromatic rings. The molecule has 0 saturated carbocycles. The number of hydrogen-bond donors (Lipinski definition) is 2. The van der Waals surface area contributed by atoms with Crippen molar-refractivity contribution < 1.29 is 23.5 Å². The summed E-state index contributed by atoms with van der Waals surface area (Å²) in [5.74, 6) is -3.68. The van der Waals surface area contributed by atoms with E-state index in [1.54, 1.807) is 0 Å². The lowest BCUT2D eigenvalue weighted by atomic mass is 10.1. The summed E-state index contributed by atoms with van der Waals surface area (Å²) in [5, 5.41) is 11.0. The zero-order chi connectivity index (χ0) is 14.4. The first kappa shape index (κ1) is 14.8. The van der Waals surface area contributed by atoms with Gasteiger partial charge in [-0.05, 0) is 18.6 Å². The molecule has 102 valence electrons. The van der Waals surface area contributed by atoms with Gasteiger partial charge in [0.1, 0.15) is 17.7 Å². The van der Waals surface area contributed by atoms with Crippen LogP contribution in [0, 0.1) is 11.6 Å². The predicted molar refractivity (Wildman–Crippen MR) is 64.4 cm³/mol. The fraction of sp³-hybridized carbons (Fsp3) is 0.231. The van der Waals surface area contributed by atoms with Gasteiger partial charge in [0.25, 0.3) is 0 Å². The van der Waals surface area contributed by atoms with Crippen LogP contribution in [0.2, 0.25) is 0 Å². The van der Waals surface area contributed by atoms with Crippen LogP contribution in [0.15, 0.2) is 30.9 Å². The monoisotopic (exact) mass is 269 g/mol. The molecular formula is C13H13F2NO3. The van der Waals surface area contributed by atoms with Gasteiger partial charge in [0.15, 0.2) is 0 Å². The predicted octanol–water partition coefficient (Wildman–Crippen LogP) is 1.65. The number of carbonyl (C=O) groups excluding carboxylic acids is 1. The summed E-state index contributed by atoms with van der Waals surface area (Å²) in [6.07, 6.45) is 0.809. The fourth-order valence-corrected chi connectivity index (χ4v) is 1.50. The molecule has 0 fully saturated rings. The Hall–Kier alpha value is -2.24. The van der Waals surface area contributed by atoms with Gasteiger partial charge in [0, 0.05) is 5.56 Å². The van der Waals surface area contributed by atoms with Crippen LogP contribution in [0.1, 0.15) is 12.0 Å². The average molecular weight is 269 g/mol. The molecule has 4 nitrogen and oxygen atoms in total. The Kier molecular flexibility index (Phi) is 5.17. The van der Waals surface area contributed by atoms with Crippen molar-refractivity contribution in [3.63, 3.8) is 0 Å². The molecular weight excluding hydrogens is 256 g/mol. The normalized spacial score (nSPS) is 11.7. The molecule has 0 heterocycles. The number of amides is 1. The van der Waals surface area contributed by atoms with Crippen LogP contribution in [-0.2, 0) is 16.0 Å². The minimum atomic E-state index is -1.23. The number of rotatable bonds is 6. The van der Waals surface area contributed by atoms with E-state index in [1.807, 2.05) is 0 Å². The van der Waals surface area contributed by atoms with E-state index >= 15 is 0 Å². The van der Waals surface area contributed by atoms with E-state index in [9.17, 15) is 18.4 Å². The van der Waals surface area contributed by atoms with Crippen LogP contribution in [0.5, 0.6) is 0 Å². The third kappa shape index (κ3) is 4.17. The molecule has 1 atom stereocenters. The van der Waals surface area contributed by atoms with Gasteiger partial charge in [0.2, 0.25) is 5.91 Å². The molecule has 1 aromatic carbocycles. The molecule has 0 aliphatic rings. The quantitative estimate of drug-likeness (QED) is 0.772. The smallest absolute Gasteiger partial charge is 0.326 e. The molecule has 1 rings (SSSR count). The highest BCUT2D eigenvalue weighted by Gasteiger charge is 2.20. The Labute approximate surface area is 108 Å². The molecule has 1 amide bonds. The van der Waals surface area contributed by atoms with E-state index < -0.39 is 36.0 Å². The van der Waals surface area contributed by atoms with E-state index in [0.29, 0.717) is 0 Å². The van der Waals surface area contributed by atoms with Crippen LogP contribution in [-0.4, -0.2) is 23.0 Å². The Morgan fingerprint density at radius 1 is 1.37 bits per heavy atom. The molecule has 6 heteroatoms. The summed E-state index contributed by atoms with van der Waals surface area (Å²) >= 11 is 0. The van der Waals surface area contributed by atoms with Gasteiger partial charge in [-0.1, -0.05) is 12.1 Å². The maximum Gasteiger partial charge on any atom is 0.326 e. The number of carboxylic acids is 1. The summed E-state index contributed by atoms with van der Waals surface area (Å²) in [5.41, 5.74) is -0.386. The second kappa shape index (κ2) is 6.63. The lowest BCUT2D eigenvalue weighted by molar-refractivity contribution is -0.141. The number of benzene rings is 1. The highest BCUT2D eigenvalue weighted by Crippen LogP contribution is 2.12. The number of halogens is 2. The largest absolute Gasteiger partial charge is 0.480 e. The fourth-order valence-electron chi connectivity index (χ4n) is 1.50. The lowest BCUT2D eigenvalue weighted by Gasteiger charge is -2.13. The molecule has 0 bridgehead atoms. The highest BCUT2D eigenvalue weighted by atomic mass is 19.1. The number of hydrogen-bond acceptors (Lipinski definition) is 2. The van der Waals surface area contributed by atoms with Crippen molar-refractivity contribution in [2.24, 2.45) is 0 Å². The number of carbonyl (C=O) groups is 2. The third-order valence-electron chi connectivity index (χ3n) is 2.43. The van der Waals surface area contributed by atoms with Crippen molar-refractivity contribution in [2.75, 3.05) is 0 Å². The maximum absolute atomic E-state index is 13.3. The van der Waals surface area contributed by atoms with Crippen molar-refractivity contribution in [1.82, 2.24) is 5.32 Å². The summed E-state index contributed by atoms with van der Waals surface area (Å²) < 4.78 is 26.6. The van der Waals surface area contributed by atoms with Gasteiger partial charge in [-0.3, -0.25) is 4.79 Å². The third-order valence-corrected chi connectivity index (χ3v) is 2.43. The first-order valence-electron chi connectivity index (χ1n) is 5.51. The van der Waals surface area contributed by atoms with E-state index in [2.05, 4.69) is 11.9 Å². The van der Waals surface area contributed by atoms with E-state index in [-0.39, 0.29) is 12.0 Å². The summed E-state index contributed by atoms with van der Waals surface area (Å²) in [4.78, 5) is 22.4. The summed E-state index contributed by atoms with van der Waals surface area (Å²) in [6, 6.07) is 2.10. The van der Waals surface area contributed by atoms with Crippen molar-refractivity contribution in [2.45, 2.75) is 18.9 Å². The average Bonchev–Trinajstić information content (AvgIpc) is 2.33. The molecule has 2 N–H and O–H groups in total. The topological polar surface area (TPSA) is 66.4 Å². The van der Waals surface area contributed by atoms with Gasteiger partial charge >= 0.3 is 5.97 Å². The molecule has 0 unspecified atom stereocenters. The maximum atomic E-state index is 13.3. The van der Waals surface area contributed by atoms with Gasteiger partial charge in [-0.15, -0.1) is 6.58 Å². The molecule has 0 aromatic heterocycles. The van der Waals surface area contributed by atoms with Gasteiger partial charge < -0.3 is 10.4 Å². The van der Waals surface area contributed by atoms with Crippen LogP contribution in [0.3, 0.4) is 0 Å². The van der Waals surface area contributed by atoms with Gasteiger partial charge in [-0.2, -0.15) is 0 Å². The molecule has 19 heavy (non-hydrogen) atoms. The summed E-state index contributed by atoms with van der Waals surface area (Å²) in [6.45, 7) is 3.37. The highest BCUT2D eigenvalue weighted by molar-refractivity contribution is 5.85. The first-order valence-corrected chi connectivity index (χ1v) is 5.51. The number of aliphatic carboxylic acids is 1. The Morgan fingerprint density at radius 3 is 2.42 bits per heavy atom. The second-order valence-electron chi connectivity index (χ2n) is 3.86. The van der Waals surface area contributed by atoms with Crippen molar-refractivity contribution in [3.05, 3.63) is 48.1 Å². The van der Waals surface area contributed by atoms with E-state index in [4.69, 9.17) is 5.11 Å². The van der Waals surface area contributed by atoms with E-state index in [0.717, 1.165) is 12.1 Å². The standard InChI is InChI=1S/C13H13F2NO3/c1-2-4-11(13(18)19)16-12(17)7-8-9(14)5-3-6-10(8)15/h2-3,5-6,11H,1,4,7H2,(H,16,17)(H,18,19)/t11-/m1/s1.